The number of nitriles is 1. The number of thioether (sulfide) groups is 1. The summed E-state index contributed by atoms with van der Waals surface area (Å²) >= 11 is 7.34. The summed E-state index contributed by atoms with van der Waals surface area (Å²) in [7, 11) is 1.70. The Balaban J connectivity index is 1.91. The maximum Gasteiger partial charge on any atom is 0.232 e. The van der Waals surface area contributed by atoms with Crippen LogP contribution in [-0.4, -0.2) is 44.9 Å². The summed E-state index contributed by atoms with van der Waals surface area (Å²) in [5, 5.41) is 18.7. The van der Waals surface area contributed by atoms with E-state index < -0.39 is 0 Å². The Labute approximate surface area is 179 Å². The van der Waals surface area contributed by atoms with Gasteiger partial charge in [0, 0.05) is 29.9 Å². The number of hydrogen-bond acceptors (Lipinski definition) is 5. The second-order valence-corrected chi connectivity index (χ2v) is 7.88. The first kappa shape index (κ1) is 20.9. The minimum Gasteiger partial charge on any atom is -0.344 e. The van der Waals surface area contributed by atoms with Crippen LogP contribution < -0.4 is 0 Å². The summed E-state index contributed by atoms with van der Waals surface area (Å²) in [5.74, 6) is 0.835. The Morgan fingerprint density at radius 1 is 1.17 bits per heavy atom. The lowest BCUT2D eigenvalue weighted by Crippen LogP contribution is -2.29. The molecule has 1 amide bonds. The Morgan fingerprint density at radius 3 is 2.52 bits per heavy atom. The predicted molar refractivity (Wildman–Crippen MR) is 115 cm³/mol. The van der Waals surface area contributed by atoms with E-state index in [1.54, 1.807) is 11.9 Å². The van der Waals surface area contributed by atoms with Gasteiger partial charge in [-0.05, 0) is 43.3 Å². The Bertz CT molecular complexity index is 1020. The third-order valence-corrected chi connectivity index (χ3v) is 5.50. The van der Waals surface area contributed by atoms with Crippen molar-refractivity contribution < 1.29 is 4.79 Å². The fourth-order valence-corrected chi connectivity index (χ4v) is 3.67. The van der Waals surface area contributed by atoms with Crippen molar-refractivity contribution in [3.63, 3.8) is 0 Å². The first-order valence-electron chi connectivity index (χ1n) is 9.01. The van der Waals surface area contributed by atoms with Gasteiger partial charge >= 0.3 is 0 Å². The van der Waals surface area contributed by atoms with Gasteiger partial charge in [-0.15, -0.1) is 10.2 Å². The monoisotopic (exact) mass is 425 g/mol. The Kier molecular flexibility index (Phi) is 6.91. The summed E-state index contributed by atoms with van der Waals surface area (Å²) in [6, 6.07) is 17.5. The average molecular weight is 426 g/mol. The topological polar surface area (TPSA) is 74.8 Å². The first-order valence-corrected chi connectivity index (χ1v) is 10.4. The lowest BCUT2D eigenvalue weighted by Gasteiger charge is -2.15. The van der Waals surface area contributed by atoms with Crippen molar-refractivity contribution in [2.45, 2.75) is 18.5 Å². The number of aromatic nitrogens is 3. The van der Waals surface area contributed by atoms with Gasteiger partial charge in [0.05, 0.1) is 18.2 Å². The van der Waals surface area contributed by atoms with E-state index in [2.05, 4.69) is 16.3 Å². The van der Waals surface area contributed by atoms with Crippen LogP contribution in [0, 0.1) is 18.3 Å². The molecule has 3 aromatic rings. The molecule has 0 saturated heterocycles. The number of nitrogens with zero attached hydrogens (tertiary/aromatic N) is 5. The van der Waals surface area contributed by atoms with E-state index in [-0.39, 0.29) is 11.7 Å². The van der Waals surface area contributed by atoms with Crippen molar-refractivity contribution in [3.05, 3.63) is 59.1 Å². The maximum absolute atomic E-state index is 12.4. The van der Waals surface area contributed by atoms with Gasteiger partial charge in [0.15, 0.2) is 11.0 Å². The number of benzene rings is 2. The molecule has 0 N–H and O–H groups in total. The molecule has 0 atom stereocenters. The number of amides is 1. The summed E-state index contributed by atoms with van der Waals surface area (Å²) in [5.41, 5.74) is 2.95. The molecule has 0 radical (unpaired) electrons. The van der Waals surface area contributed by atoms with Crippen molar-refractivity contribution in [1.82, 2.24) is 19.7 Å². The summed E-state index contributed by atoms with van der Waals surface area (Å²) in [4.78, 5) is 13.9. The molecule has 0 aliphatic heterocycles. The molecular formula is C21H20ClN5OS. The molecule has 8 heteroatoms. The molecule has 0 saturated carbocycles. The molecule has 148 valence electrons. The number of carbonyl (C=O) groups excluding carboxylic acids is 1. The van der Waals surface area contributed by atoms with Gasteiger partial charge in [-0.2, -0.15) is 5.26 Å². The quantitative estimate of drug-likeness (QED) is 0.526. The minimum atomic E-state index is -0.0586. The fraction of sp³-hybridized carbons (Fsp3) is 0.238. The van der Waals surface area contributed by atoms with Gasteiger partial charge in [0.25, 0.3) is 0 Å². The Hall–Kier alpha value is -2.82. The van der Waals surface area contributed by atoms with Crippen LogP contribution in [0.4, 0.5) is 0 Å². The molecule has 0 unspecified atom stereocenters. The summed E-state index contributed by atoms with van der Waals surface area (Å²) in [6.45, 7) is 2.44. The molecule has 3 rings (SSSR count). The molecule has 29 heavy (non-hydrogen) atoms. The molecule has 0 aliphatic rings. The molecule has 2 aromatic carbocycles. The normalized spacial score (nSPS) is 10.6. The van der Waals surface area contributed by atoms with Gasteiger partial charge in [0.2, 0.25) is 5.91 Å². The standard InChI is InChI=1S/C21H20ClN5OS/c1-15-4-10-18(11-5-15)27-20(16-6-8-17(22)9-7-16)24-25-21(27)29-14-19(28)26(2)13-3-12-23/h4-11H,3,13-14H2,1-2H3. The molecule has 0 spiro atoms. The van der Waals surface area contributed by atoms with Crippen LogP contribution in [0.1, 0.15) is 12.0 Å². The zero-order valence-corrected chi connectivity index (χ0v) is 17.7. The van der Waals surface area contributed by atoms with Crippen LogP contribution in [0.3, 0.4) is 0 Å². The highest BCUT2D eigenvalue weighted by Crippen LogP contribution is 2.29. The largest absolute Gasteiger partial charge is 0.344 e. The van der Waals surface area contributed by atoms with Gasteiger partial charge in [0.1, 0.15) is 0 Å². The van der Waals surface area contributed by atoms with Crippen LogP contribution in [0.5, 0.6) is 0 Å². The maximum atomic E-state index is 12.4. The van der Waals surface area contributed by atoms with Crippen LogP contribution >= 0.6 is 23.4 Å². The van der Waals surface area contributed by atoms with E-state index >= 15 is 0 Å². The van der Waals surface area contributed by atoms with Gasteiger partial charge in [-0.25, -0.2) is 0 Å². The minimum absolute atomic E-state index is 0.0586. The highest BCUT2D eigenvalue weighted by atomic mass is 35.5. The molecule has 1 heterocycles. The average Bonchev–Trinajstić information content (AvgIpc) is 3.15. The van der Waals surface area contributed by atoms with Crippen LogP contribution in [0.25, 0.3) is 17.1 Å². The smallest absolute Gasteiger partial charge is 0.232 e. The van der Waals surface area contributed by atoms with Crippen LogP contribution in [-0.2, 0) is 4.79 Å². The molecule has 6 nitrogen and oxygen atoms in total. The van der Waals surface area contributed by atoms with E-state index in [0.717, 1.165) is 16.8 Å². The number of aryl methyl sites for hydroxylation is 1. The number of carbonyl (C=O) groups is 1. The van der Waals surface area contributed by atoms with Crippen molar-refractivity contribution in [2.24, 2.45) is 0 Å². The van der Waals surface area contributed by atoms with Crippen molar-refractivity contribution in [3.8, 4) is 23.1 Å². The molecule has 0 fully saturated rings. The molecule has 1 aromatic heterocycles. The van der Waals surface area contributed by atoms with E-state index in [9.17, 15) is 4.79 Å². The third-order valence-electron chi connectivity index (χ3n) is 4.34. The number of hydrogen-bond donors (Lipinski definition) is 0. The predicted octanol–water partition coefficient (Wildman–Crippen LogP) is 4.36. The zero-order chi connectivity index (χ0) is 20.8. The number of rotatable bonds is 7. The van der Waals surface area contributed by atoms with Gasteiger partial charge < -0.3 is 4.90 Å². The van der Waals surface area contributed by atoms with Crippen molar-refractivity contribution in [2.75, 3.05) is 19.3 Å². The zero-order valence-electron chi connectivity index (χ0n) is 16.2. The van der Waals surface area contributed by atoms with E-state index in [1.165, 1.54) is 11.8 Å². The highest BCUT2D eigenvalue weighted by molar-refractivity contribution is 7.99. The molecular weight excluding hydrogens is 406 g/mol. The van der Waals surface area contributed by atoms with E-state index in [4.69, 9.17) is 16.9 Å². The second kappa shape index (κ2) is 9.59. The SMILES string of the molecule is Cc1ccc(-n2c(SCC(=O)N(C)CCC#N)nnc2-c2ccc(Cl)cc2)cc1. The van der Waals surface area contributed by atoms with Crippen LogP contribution in [0.15, 0.2) is 53.7 Å². The fourth-order valence-electron chi connectivity index (χ4n) is 2.65. The lowest BCUT2D eigenvalue weighted by atomic mass is 10.2. The van der Waals surface area contributed by atoms with Gasteiger partial charge in [-0.1, -0.05) is 41.1 Å². The second-order valence-electron chi connectivity index (χ2n) is 6.50. The Morgan fingerprint density at radius 2 is 1.86 bits per heavy atom. The number of halogens is 1. The van der Waals surface area contributed by atoms with Crippen molar-refractivity contribution >= 4 is 29.3 Å². The molecule has 0 aliphatic carbocycles. The van der Waals surface area contributed by atoms with E-state index in [1.807, 2.05) is 60.0 Å². The van der Waals surface area contributed by atoms with E-state index in [0.29, 0.717) is 29.0 Å². The lowest BCUT2D eigenvalue weighted by molar-refractivity contribution is -0.127. The van der Waals surface area contributed by atoms with Gasteiger partial charge in [-0.3, -0.25) is 9.36 Å². The van der Waals surface area contributed by atoms with Crippen molar-refractivity contribution in [1.29, 1.82) is 5.26 Å². The third kappa shape index (κ3) is 5.17. The summed E-state index contributed by atoms with van der Waals surface area (Å²) < 4.78 is 1.94. The molecule has 0 bridgehead atoms. The summed E-state index contributed by atoms with van der Waals surface area (Å²) in [6.07, 6.45) is 0.313. The highest BCUT2D eigenvalue weighted by Gasteiger charge is 2.18. The van der Waals surface area contributed by atoms with Crippen LogP contribution in [0.2, 0.25) is 5.02 Å². The first-order chi connectivity index (χ1) is 14.0.